The molecular weight excluding hydrogens is 400 g/mol. The van der Waals surface area contributed by atoms with E-state index in [1.165, 1.54) is 26.6 Å². The maximum atomic E-state index is 12.0. The lowest BCUT2D eigenvalue weighted by Crippen LogP contribution is -2.10. The summed E-state index contributed by atoms with van der Waals surface area (Å²) in [5.74, 6) is 0.907. The van der Waals surface area contributed by atoms with Gasteiger partial charge >= 0.3 is 0 Å². The first-order valence-corrected chi connectivity index (χ1v) is 9.21. The molecule has 1 aromatic heterocycles. The van der Waals surface area contributed by atoms with Crippen molar-refractivity contribution in [1.82, 2.24) is 0 Å². The second kappa shape index (κ2) is 9.93. The Balaban J connectivity index is 1.83. The van der Waals surface area contributed by atoms with Crippen LogP contribution >= 0.6 is 0 Å². The maximum absolute atomic E-state index is 12.0. The Labute approximate surface area is 178 Å². The molecule has 3 aromatic rings. The van der Waals surface area contributed by atoms with E-state index in [1.54, 1.807) is 42.5 Å². The highest BCUT2D eigenvalue weighted by Crippen LogP contribution is 2.31. The topological polar surface area (TPSA) is 104 Å². The van der Waals surface area contributed by atoms with E-state index in [-0.39, 0.29) is 11.7 Å². The fraction of sp³-hybridized carbons (Fsp3) is 0.0870. The molecule has 0 atom stereocenters. The van der Waals surface area contributed by atoms with Gasteiger partial charge in [0.25, 0.3) is 5.91 Å². The number of nitro groups is 1. The number of carbonyl (C=O) groups is 1. The SMILES string of the molecule is COc1cc(/C=C/c2ccc(NC(=O)c3ccco3)cc2)c(/C=C/[N+](=O)[O-])c(OC)c1. The van der Waals surface area contributed by atoms with E-state index in [0.717, 1.165) is 11.8 Å². The Kier molecular flexibility index (Phi) is 6.85. The van der Waals surface area contributed by atoms with Crippen molar-refractivity contribution in [3.05, 3.63) is 93.6 Å². The van der Waals surface area contributed by atoms with Gasteiger partial charge in [0.05, 0.1) is 25.4 Å². The zero-order valence-electron chi connectivity index (χ0n) is 16.9. The number of furan rings is 1. The summed E-state index contributed by atoms with van der Waals surface area (Å²) in [5.41, 5.74) is 2.72. The van der Waals surface area contributed by atoms with Crippen molar-refractivity contribution < 1.29 is 23.6 Å². The van der Waals surface area contributed by atoms with Gasteiger partial charge < -0.3 is 19.2 Å². The third-order valence-electron chi connectivity index (χ3n) is 4.33. The number of nitrogens with zero attached hydrogens (tertiary/aromatic N) is 1. The number of hydrogen-bond acceptors (Lipinski definition) is 6. The van der Waals surface area contributed by atoms with E-state index >= 15 is 0 Å². The molecule has 31 heavy (non-hydrogen) atoms. The molecule has 0 aliphatic rings. The molecule has 8 nitrogen and oxygen atoms in total. The predicted octanol–water partition coefficient (Wildman–Crippen LogP) is 4.97. The monoisotopic (exact) mass is 420 g/mol. The number of ether oxygens (including phenoxy) is 2. The van der Waals surface area contributed by atoms with E-state index < -0.39 is 4.92 Å². The van der Waals surface area contributed by atoms with Crippen LogP contribution in [0.3, 0.4) is 0 Å². The third-order valence-corrected chi connectivity index (χ3v) is 4.33. The van der Waals surface area contributed by atoms with E-state index in [0.29, 0.717) is 28.3 Å². The Hall–Kier alpha value is -4.33. The number of nitrogens with one attached hydrogen (secondary N) is 1. The molecule has 1 N–H and O–H groups in total. The van der Waals surface area contributed by atoms with Crippen molar-refractivity contribution in [3.63, 3.8) is 0 Å². The van der Waals surface area contributed by atoms with Gasteiger partial charge in [-0.1, -0.05) is 24.3 Å². The molecule has 0 fully saturated rings. The minimum Gasteiger partial charge on any atom is -0.497 e. The quantitative estimate of drug-likeness (QED) is 0.314. The molecule has 0 saturated carbocycles. The van der Waals surface area contributed by atoms with Crippen LogP contribution in [0.15, 0.2) is 65.4 Å². The van der Waals surface area contributed by atoms with Gasteiger partial charge in [0.2, 0.25) is 6.20 Å². The van der Waals surface area contributed by atoms with Crippen LogP contribution in [0.1, 0.15) is 27.2 Å². The van der Waals surface area contributed by atoms with Crippen LogP contribution in [0.2, 0.25) is 0 Å². The molecule has 3 rings (SSSR count). The van der Waals surface area contributed by atoms with Gasteiger partial charge in [-0.05, 0) is 41.5 Å². The summed E-state index contributed by atoms with van der Waals surface area (Å²) < 4.78 is 15.7. The number of rotatable bonds is 8. The smallest absolute Gasteiger partial charge is 0.291 e. The largest absolute Gasteiger partial charge is 0.497 e. The van der Waals surface area contributed by atoms with Crippen molar-refractivity contribution in [2.75, 3.05) is 19.5 Å². The summed E-state index contributed by atoms with van der Waals surface area (Å²) in [6.07, 6.45) is 7.33. The van der Waals surface area contributed by atoms with E-state index in [2.05, 4.69) is 5.32 Å². The van der Waals surface area contributed by atoms with Gasteiger partial charge in [-0.3, -0.25) is 14.9 Å². The molecule has 0 radical (unpaired) electrons. The van der Waals surface area contributed by atoms with Gasteiger partial charge in [0.15, 0.2) is 5.76 Å². The molecule has 0 aliphatic heterocycles. The van der Waals surface area contributed by atoms with Crippen LogP contribution in [0.5, 0.6) is 11.5 Å². The number of hydrogen-bond donors (Lipinski definition) is 1. The Bertz CT molecular complexity index is 1120. The second-order valence-corrected chi connectivity index (χ2v) is 6.32. The van der Waals surface area contributed by atoms with Gasteiger partial charge in [-0.25, -0.2) is 0 Å². The molecule has 1 amide bonds. The molecule has 2 aromatic carbocycles. The number of amides is 1. The molecule has 0 aliphatic carbocycles. The molecular formula is C23H20N2O6. The third kappa shape index (κ3) is 5.60. The van der Waals surface area contributed by atoms with Gasteiger partial charge in [-0.15, -0.1) is 0 Å². The number of anilines is 1. The average Bonchev–Trinajstić information content (AvgIpc) is 3.32. The molecule has 158 valence electrons. The Morgan fingerprint density at radius 1 is 1.06 bits per heavy atom. The van der Waals surface area contributed by atoms with Crippen molar-refractivity contribution in [1.29, 1.82) is 0 Å². The zero-order chi connectivity index (χ0) is 22.2. The summed E-state index contributed by atoms with van der Waals surface area (Å²) in [5, 5.41) is 13.5. The number of benzene rings is 2. The molecule has 0 saturated heterocycles. The standard InChI is InChI=1S/C23H20N2O6/c1-29-19-14-17(20(11-12-25(27)28)22(15-19)30-2)8-5-16-6-9-18(10-7-16)24-23(26)21-4-3-13-31-21/h3-15H,1-2H3,(H,24,26)/b8-5+,12-11+. The van der Waals surface area contributed by atoms with Crippen LogP contribution in [0, 0.1) is 10.1 Å². The second-order valence-electron chi connectivity index (χ2n) is 6.32. The van der Waals surface area contributed by atoms with E-state index in [9.17, 15) is 14.9 Å². The van der Waals surface area contributed by atoms with Crippen molar-refractivity contribution in [2.24, 2.45) is 0 Å². The lowest BCUT2D eigenvalue weighted by atomic mass is 10.0. The van der Waals surface area contributed by atoms with Crippen molar-refractivity contribution >= 4 is 29.8 Å². The molecule has 8 heteroatoms. The van der Waals surface area contributed by atoms with E-state index in [4.69, 9.17) is 13.9 Å². The summed E-state index contributed by atoms with van der Waals surface area (Å²) >= 11 is 0. The van der Waals surface area contributed by atoms with Crippen molar-refractivity contribution in [3.8, 4) is 11.5 Å². The normalized spacial score (nSPS) is 11.0. The Morgan fingerprint density at radius 2 is 1.84 bits per heavy atom. The highest BCUT2D eigenvalue weighted by molar-refractivity contribution is 6.02. The van der Waals surface area contributed by atoms with Crippen LogP contribution in [0.4, 0.5) is 5.69 Å². The number of carbonyl (C=O) groups excluding carboxylic acids is 1. The maximum Gasteiger partial charge on any atom is 0.291 e. The fourth-order valence-electron chi connectivity index (χ4n) is 2.82. The zero-order valence-corrected chi connectivity index (χ0v) is 16.9. The Morgan fingerprint density at radius 3 is 2.45 bits per heavy atom. The average molecular weight is 420 g/mol. The summed E-state index contributed by atoms with van der Waals surface area (Å²) in [6.45, 7) is 0. The highest BCUT2D eigenvalue weighted by Gasteiger charge is 2.10. The number of methoxy groups -OCH3 is 2. The highest BCUT2D eigenvalue weighted by atomic mass is 16.6. The van der Waals surface area contributed by atoms with Gasteiger partial charge in [0, 0.05) is 23.4 Å². The lowest BCUT2D eigenvalue weighted by Gasteiger charge is -2.11. The summed E-state index contributed by atoms with van der Waals surface area (Å²) in [6, 6.07) is 13.8. The van der Waals surface area contributed by atoms with Crippen molar-refractivity contribution in [2.45, 2.75) is 0 Å². The molecule has 1 heterocycles. The minimum absolute atomic E-state index is 0.228. The van der Waals surface area contributed by atoms with Gasteiger partial charge in [-0.2, -0.15) is 0 Å². The van der Waals surface area contributed by atoms with Crippen LogP contribution < -0.4 is 14.8 Å². The predicted molar refractivity (Wildman–Crippen MR) is 118 cm³/mol. The van der Waals surface area contributed by atoms with Gasteiger partial charge in [0.1, 0.15) is 11.5 Å². The van der Waals surface area contributed by atoms with Crippen LogP contribution in [0.25, 0.3) is 18.2 Å². The molecule has 0 bridgehead atoms. The fourth-order valence-corrected chi connectivity index (χ4v) is 2.82. The lowest BCUT2D eigenvalue weighted by molar-refractivity contribution is -0.400. The first-order valence-electron chi connectivity index (χ1n) is 9.21. The molecule has 0 spiro atoms. The minimum atomic E-state index is -0.535. The molecule has 0 unspecified atom stereocenters. The van der Waals surface area contributed by atoms with E-state index in [1.807, 2.05) is 18.2 Å². The van der Waals surface area contributed by atoms with Crippen LogP contribution in [-0.4, -0.2) is 25.1 Å². The summed E-state index contributed by atoms with van der Waals surface area (Å²) in [4.78, 5) is 22.3. The first kappa shape index (κ1) is 21.4. The first-order chi connectivity index (χ1) is 15.0. The van der Waals surface area contributed by atoms with Crippen LogP contribution in [-0.2, 0) is 0 Å². The summed E-state index contributed by atoms with van der Waals surface area (Å²) in [7, 11) is 3.02.